The zero-order valence-corrected chi connectivity index (χ0v) is 27.4. The number of rotatable bonds is 4. The zero-order valence-electron chi connectivity index (χ0n) is 32.5. The van der Waals surface area contributed by atoms with Gasteiger partial charge in [0.05, 0.1) is 8.22 Å². The molecule has 4 heterocycles. The summed E-state index contributed by atoms with van der Waals surface area (Å²) in [6.45, 7) is 0. The Bertz CT molecular complexity index is 3510. The highest BCUT2D eigenvalue weighted by Crippen LogP contribution is 2.43. The van der Waals surface area contributed by atoms with Crippen LogP contribution in [0.4, 0.5) is 0 Å². The van der Waals surface area contributed by atoms with Crippen molar-refractivity contribution in [3.63, 3.8) is 0 Å². The Balaban J connectivity index is 1.21. The van der Waals surface area contributed by atoms with Crippen LogP contribution >= 0.6 is 11.3 Å². The van der Waals surface area contributed by atoms with E-state index in [4.69, 9.17) is 27.9 Å². The van der Waals surface area contributed by atoms with Gasteiger partial charge in [-0.3, -0.25) is 0 Å². The molecule has 6 heteroatoms. The van der Waals surface area contributed by atoms with E-state index in [1.807, 2.05) is 91.0 Å². The fourth-order valence-corrected chi connectivity index (χ4v) is 8.08. The lowest BCUT2D eigenvalue weighted by atomic mass is 10.00. The van der Waals surface area contributed by atoms with Gasteiger partial charge < -0.3 is 8.83 Å². The molecule has 0 bridgehead atoms. The molecule has 4 aromatic heterocycles. The molecule has 5 nitrogen and oxygen atoms in total. The number of para-hydroxylation sites is 3. The molecule has 0 amide bonds. The van der Waals surface area contributed by atoms with Crippen molar-refractivity contribution >= 4 is 75.4 Å². The van der Waals surface area contributed by atoms with Gasteiger partial charge in [-0.2, -0.15) is 0 Å². The van der Waals surface area contributed by atoms with Crippen molar-refractivity contribution in [2.45, 2.75) is 0 Å². The van der Waals surface area contributed by atoms with Crippen molar-refractivity contribution in [2.75, 3.05) is 0 Å². The number of thiophene rings is 1. The maximum absolute atomic E-state index is 9.60. The molecule has 0 aliphatic heterocycles. The molecular formula is C45H25N3O2S. The first-order valence-corrected chi connectivity index (χ1v) is 17.2. The van der Waals surface area contributed by atoms with Gasteiger partial charge in [0.25, 0.3) is 0 Å². The summed E-state index contributed by atoms with van der Waals surface area (Å²) < 4.78 is 70.3. The van der Waals surface area contributed by atoms with Crippen molar-refractivity contribution in [2.24, 2.45) is 0 Å². The Kier molecular flexibility index (Phi) is 4.91. The van der Waals surface area contributed by atoms with Crippen LogP contribution in [0.5, 0.6) is 0 Å². The summed E-state index contributed by atoms with van der Waals surface area (Å²) >= 11 is 1.67. The Morgan fingerprint density at radius 3 is 2.06 bits per heavy atom. The third kappa shape index (κ3) is 4.37. The molecule has 238 valence electrons. The molecule has 0 aliphatic carbocycles. The number of hydrogen-bond donors (Lipinski definition) is 0. The molecule has 0 radical (unpaired) electrons. The second-order valence-corrected chi connectivity index (χ2v) is 13.3. The van der Waals surface area contributed by atoms with Gasteiger partial charge in [-0.1, -0.05) is 121 Å². The maximum Gasteiger partial charge on any atom is 0.164 e. The van der Waals surface area contributed by atoms with E-state index in [2.05, 4.69) is 18.2 Å². The SMILES string of the molecule is [2H]c1c([2H])c([2H])c2c(oc3c([2H])c(-c4nc(-c5ccccc5)nc(-c5cccc6sc7ccccc7c56)n4)c([2H])c([2H])c32)c1-c1cccc2c1oc1ccccc12. The Hall–Kier alpha value is -6.63. The number of hydrogen-bond acceptors (Lipinski definition) is 6. The molecule has 7 aromatic carbocycles. The average Bonchev–Trinajstić information content (AvgIpc) is 3.95. The highest BCUT2D eigenvalue weighted by Gasteiger charge is 2.20. The minimum atomic E-state index is -0.375. The molecule has 11 rings (SSSR count). The van der Waals surface area contributed by atoms with Crippen molar-refractivity contribution in [3.8, 4) is 45.3 Å². The molecule has 0 N–H and O–H groups in total. The predicted molar refractivity (Wildman–Crippen MR) is 209 cm³/mol. The van der Waals surface area contributed by atoms with E-state index < -0.39 is 0 Å². The second kappa shape index (κ2) is 10.9. The van der Waals surface area contributed by atoms with Gasteiger partial charge in [0, 0.05) is 69.5 Å². The van der Waals surface area contributed by atoms with Crippen LogP contribution in [0.15, 0.2) is 160 Å². The molecule has 0 spiro atoms. The summed E-state index contributed by atoms with van der Waals surface area (Å²) in [6.07, 6.45) is 0. The van der Waals surface area contributed by atoms with E-state index in [0.29, 0.717) is 33.9 Å². The van der Waals surface area contributed by atoms with Crippen LogP contribution in [0.25, 0.3) is 109 Å². The van der Waals surface area contributed by atoms with Crippen LogP contribution in [-0.2, 0) is 0 Å². The minimum absolute atomic E-state index is 0.0157. The summed E-state index contributed by atoms with van der Waals surface area (Å²) in [6, 6.07) is 34.7. The summed E-state index contributed by atoms with van der Waals surface area (Å²) in [5.74, 6) is 0.687. The Morgan fingerprint density at radius 2 is 1.14 bits per heavy atom. The van der Waals surface area contributed by atoms with Gasteiger partial charge in [0.15, 0.2) is 17.5 Å². The fraction of sp³-hybridized carbons (Fsp3) is 0. The van der Waals surface area contributed by atoms with E-state index >= 15 is 0 Å². The van der Waals surface area contributed by atoms with Gasteiger partial charge in [0.2, 0.25) is 0 Å². The molecule has 0 atom stereocenters. The predicted octanol–water partition coefficient (Wildman–Crippen LogP) is 12.7. The standard InChI is InChI=1S/C45H25N3O2S/c1-2-11-26(12-3-1)43-46-44(48-45(47-43)35-19-10-22-39-40(35)34-14-5-7-21-38(34)51-39)27-23-24-29-31-16-9-18-33(42(31)50-37(29)25-27)32-17-8-15-30-28-13-4-6-20-36(28)49-41(30)32/h1-25H/i9D,16D,18D,23D,24D,25D. The largest absolute Gasteiger partial charge is 0.455 e. The van der Waals surface area contributed by atoms with Crippen LogP contribution in [0.2, 0.25) is 0 Å². The van der Waals surface area contributed by atoms with Crippen LogP contribution in [-0.4, -0.2) is 15.0 Å². The van der Waals surface area contributed by atoms with Gasteiger partial charge in [-0.05, 0) is 30.3 Å². The lowest BCUT2D eigenvalue weighted by Crippen LogP contribution is -2.00. The van der Waals surface area contributed by atoms with Crippen LogP contribution in [0.1, 0.15) is 8.22 Å². The molecule has 0 saturated heterocycles. The third-order valence-electron chi connectivity index (χ3n) is 9.27. The Morgan fingerprint density at radius 1 is 0.451 bits per heavy atom. The number of fused-ring (bicyclic) bond motifs is 9. The maximum atomic E-state index is 9.60. The van der Waals surface area contributed by atoms with Gasteiger partial charge in [0.1, 0.15) is 22.3 Å². The van der Waals surface area contributed by atoms with Gasteiger partial charge in [-0.25, -0.2) is 15.0 Å². The van der Waals surface area contributed by atoms with Crippen LogP contribution < -0.4 is 0 Å². The van der Waals surface area contributed by atoms with Crippen LogP contribution in [0.3, 0.4) is 0 Å². The molecular weight excluding hydrogens is 647 g/mol. The lowest BCUT2D eigenvalue weighted by molar-refractivity contribution is 0.665. The van der Waals surface area contributed by atoms with E-state index in [0.717, 1.165) is 36.5 Å². The van der Waals surface area contributed by atoms with E-state index in [1.165, 1.54) is 0 Å². The molecule has 0 unspecified atom stereocenters. The van der Waals surface area contributed by atoms with E-state index in [9.17, 15) is 4.11 Å². The first kappa shape index (κ1) is 22.9. The fourth-order valence-electron chi connectivity index (χ4n) is 6.95. The number of nitrogens with zero attached hydrogens (tertiary/aromatic N) is 3. The third-order valence-corrected chi connectivity index (χ3v) is 10.4. The summed E-state index contributed by atoms with van der Waals surface area (Å²) in [4.78, 5) is 14.7. The second-order valence-electron chi connectivity index (χ2n) is 12.2. The average molecular weight is 678 g/mol. The quantitative estimate of drug-likeness (QED) is 0.185. The zero-order chi connectivity index (χ0) is 38.7. The normalized spacial score (nSPS) is 13.6. The van der Waals surface area contributed by atoms with Crippen LogP contribution in [0, 0.1) is 0 Å². The van der Waals surface area contributed by atoms with E-state index in [1.54, 1.807) is 17.4 Å². The Labute approximate surface area is 303 Å². The monoisotopic (exact) mass is 677 g/mol. The van der Waals surface area contributed by atoms with Crippen molar-refractivity contribution in [1.29, 1.82) is 0 Å². The topological polar surface area (TPSA) is 65.0 Å². The van der Waals surface area contributed by atoms with Crippen molar-refractivity contribution in [1.82, 2.24) is 15.0 Å². The highest BCUT2D eigenvalue weighted by molar-refractivity contribution is 7.25. The molecule has 11 aromatic rings. The molecule has 0 saturated carbocycles. The smallest absolute Gasteiger partial charge is 0.164 e. The summed E-state index contributed by atoms with van der Waals surface area (Å²) in [7, 11) is 0. The molecule has 51 heavy (non-hydrogen) atoms. The first-order valence-electron chi connectivity index (χ1n) is 19.4. The highest BCUT2D eigenvalue weighted by atomic mass is 32.1. The van der Waals surface area contributed by atoms with Gasteiger partial charge >= 0.3 is 0 Å². The van der Waals surface area contributed by atoms with Gasteiger partial charge in [-0.15, -0.1) is 11.3 Å². The molecule has 0 fully saturated rings. The number of furan rings is 2. The summed E-state index contributed by atoms with van der Waals surface area (Å²) in [5.41, 5.74) is 3.19. The molecule has 0 aliphatic rings. The van der Waals surface area contributed by atoms with Crippen molar-refractivity contribution in [3.05, 3.63) is 152 Å². The van der Waals surface area contributed by atoms with E-state index in [-0.39, 0.29) is 75.1 Å². The summed E-state index contributed by atoms with van der Waals surface area (Å²) in [5, 5.41) is 3.83. The lowest BCUT2D eigenvalue weighted by Gasteiger charge is -2.09. The minimum Gasteiger partial charge on any atom is -0.455 e. The first-order chi connectivity index (χ1) is 27.8. The number of aromatic nitrogens is 3. The van der Waals surface area contributed by atoms with Crippen molar-refractivity contribution < 1.29 is 17.1 Å². The number of benzene rings is 7.